The zero-order valence-corrected chi connectivity index (χ0v) is 13.0. The van der Waals surface area contributed by atoms with Gasteiger partial charge in [0.25, 0.3) is 0 Å². The molecule has 116 valence electrons. The number of aromatic nitrogens is 1. The van der Waals surface area contributed by atoms with Gasteiger partial charge in [-0.15, -0.1) is 0 Å². The van der Waals surface area contributed by atoms with E-state index in [1.807, 2.05) is 61.9 Å². The van der Waals surface area contributed by atoms with Gasteiger partial charge in [-0.1, -0.05) is 30.3 Å². The normalized spacial score (nSPS) is 10.6. The van der Waals surface area contributed by atoms with Crippen molar-refractivity contribution in [3.63, 3.8) is 0 Å². The van der Waals surface area contributed by atoms with E-state index in [4.69, 9.17) is 0 Å². The number of nitrogens with one attached hydrogen (secondary N) is 1. The maximum atomic E-state index is 11.8. The molecule has 0 fully saturated rings. The lowest BCUT2D eigenvalue weighted by atomic mass is 10.2. The van der Waals surface area contributed by atoms with Crippen LogP contribution < -0.4 is 5.32 Å². The fourth-order valence-corrected chi connectivity index (χ4v) is 2.16. The van der Waals surface area contributed by atoms with Crippen molar-refractivity contribution in [3.05, 3.63) is 66.0 Å². The summed E-state index contributed by atoms with van der Waals surface area (Å²) < 4.78 is 0. The second-order valence-corrected chi connectivity index (χ2v) is 5.42. The molecule has 2 rings (SSSR count). The third-order valence-electron chi connectivity index (χ3n) is 3.58. The molecule has 0 saturated heterocycles. The molecule has 0 aliphatic rings. The van der Waals surface area contributed by atoms with Crippen LogP contribution in [0.1, 0.15) is 17.5 Å². The minimum Gasteiger partial charge on any atom is -0.352 e. The summed E-state index contributed by atoms with van der Waals surface area (Å²) in [6, 6.07) is 14.0. The second-order valence-electron chi connectivity index (χ2n) is 5.42. The average molecular weight is 297 g/mol. The van der Waals surface area contributed by atoms with E-state index in [9.17, 15) is 4.79 Å². The highest BCUT2D eigenvalue weighted by Crippen LogP contribution is 2.00. The predicted molar refractivity (Wildman–Crippen MR) is 88.3 cm³/mol. The molecule has 0 saturated carbocycles. The first-order chi connectivity index (χ1) is 10.7. The van der Waals surface area contributed by atoms with E-state index in [-0.39, 0.29) is 5.91 Å². The van der Waals surface area contributed by atoms with Gasteiger partial charge in [-0.3, -0.25) is 9.78 Å². The van der Waals surface area contributed by atoms with Crippen LogP contribution in [-0.2, 0) is 17.8 Å². The van der Waals surface area contributed by atoms with Gasteiger partial charge in [0.05, 0.1) is 0 Å². The summed E-state index contributed by atoms with van der Waals surface area (Å²) in [6.45, 7) is 2.31. The average Bonchev–Trinajstić information content (AvgIpc) is 2.58. The topological polar surface area (TPSA) is 45.2 Å². The van der Waals surface area contributed by atoms with Crippen molar-refractivity contribution in [2.45, 2.75) is 19.4 Å². The fraction of sp³-hybridized carbons (Fsp3) is 0.333. The molecule has 1 amide bonds. The Morgan fingerprint density at radius 3 is 2.50 bits per heavy atom. The number of pyridine rings is 1. The Morgan fingerprint density at radius 2 is 1.77 bits per heavy atom. The van der Waals surface area contributed by atoms with Crippen LogP contribution in [0.3, 0.4) is 0 Å². The van der Waals surface area contributed by atoms with Gasteiger partial charge in [-0.2, -0.15) is 0 Å². The molecule has 1 aromatic carbocycles. The summed E-state index contributed by atoms with van der Waals surface area (Å²) in [6.07, 6.45) is 5.13. The highest BCUT2D eigenvalue weighted by molar-refractivity contribution is 5.76. The monoisotopic (exact) mass is 297 g/mol. The summed E-state index contributed by atoms with van der Waals surface area (Å²) in [5, 5.41) is 2.95. The van der Waals surface area contributed by atoms with Crippen molar-refractivity contribution < 1.29 is 4.79 Å². The SMILES string of the molecule is CN(CCC(=O)NCc1ccccc1)CCc1ccncc1. The Balaban J connectivity index is 1.61. The largest absolute Gasteiger partial charge is 0.352 e. The molecule has 2 aromatic rings. The van der Waals surface area contributed by atoms with Gasteiger partial charge >= 0.3 is 0 Å². The fourth-order valence-electron chi connectivity index (χ4n) is 2.16. The molecule has 0 aliphatic heterocycles. The first-order valence-corrected chi connectivity index (χ1v) is 7.62. The maximum Gasteiger partial charge on any atom is 0.221 e. The molecule has 0 bridgehead atoms. The highest BCUT2D eigenvalue weighted by Gasteiger charge is 2.05. The molecule has 0 aliphatic carbocycles. The summed E-state index contributed by atoms with van der Waals surface area (Å²) in [4.78, 5) is 18.0. The first-order valence-electron chi connectivity index (χ1n) is 7.62. The second kappa shape index (κ2) is 8.95. The Kier molecular flexibility index (Phi) is 6.58. The van der Waals surface area contributed by atoms with E-state index in [0.29, 0.717) is 13.0 Å². The van der Waals surface area contributed by atoms with E-state index < -0.39 is 0 Å². The molecule has 4 nitrogen and oxygen atoms in total. The Labute approximate surface area is 132 Å². The molecule has 0 atom stereocenters. The van der Waals surface area contributed by atoms with Crippen molar-refractivity contribution in [1.82, 2.24) is 15.2 Å². The van der Waals surface area contributed by atoms with Crippen LogP contribution in [0.4, 0.5) is 0 Å². The van der Waals surface area contributed by atoms with E-state index in [2.05, 4.69) is 15.2 Å². The molecule has 1 N–H and O–H groups in total. The van der Waals surface area contributed by atoms with E-state index >= 15 is 0 Å². The number of carbonyl (C=O) groups excluding carboxylic acids is 1. The van der Waals surface area contributed by atoms with Crippen LogP contribution in [0.2, 0.25) is 0 Å². The van der Waals surface area contributed by atoms with Crippen molar-refractivity contribution in [2.24, 2.45) is 0 Å². The summed E-state index contributed by atoms with van der Waals surface area (Å²) in [5.74, 6) is 0.0969. The van der Waals surface area contributed by atoms with Crippen molar-refractivity contribution in [3.8, 4) is 0 Å². The summed E-state index contributed by atoms with van der Waals surface area (Å²) >= 11 is 0. The van der Waals surface area contributed by atoms with Crippen molar-refractivity contribution in [1.29, 1.82) is 0 Å². The van der Waals surface area contributed by atoms with Gasteiger partial charge in [-0.25, -0.2) is 0 Å². The van der Waals surface area contributed by atoms with Gasteiger partial charge in [0.15, 0.2) is 0 Å². The number of hydrogen-bond acceptors (Lipinski definition) is 3. The van der Waals surface area contributed by atoms with E-state index in [1.54, 1.807) is 0 Å². The smallest absolute Gasteiger partial charge is 0.221 e. The van der Waals surface area contributed by atoms with Gasteiger partial charge in [0.2, 0.25) is 5.91 Å². The molecular formula is C18H23N3O. The van der Waals surface area contributed by atoms with Gasteiger partial charge in [0, 0.05) is 38.4 Å². The number of likely N-dealkylation sites (N-methyl/N-ethyl adjacent to an activating group) is 1. The number of rotatable bonds is 8. The first kappa shape index (κ1) is 16.2. The van der Waals surface area contributed by atoms with Crippen LogP contribution in [0.25, 0.3) is 0 Å². The molecule has 1 heterocycles. The predicted octanol–water partition coefficient (Wildman–Crippen LogP) is 2.26. The summed E-state index contributed by atoms with van der Waals surface area (Å²) in [5.41, 5.74) is 2.40. The van der Waals surface area contributed by atoms with Crippen LogP contribution in [-0.4, -0.2) is 35.9 Å². The Bertz CT molecular complexity index is 557. The van der Waals surface area contributed by atoms with Crippen molar-refractivity contribution >= 4 is 5.91 Å². The lowest BCUT2D eigenvalue weighted by Gasteiger charge is -2.16. The summed E-state index contributed by atoms with van der Waals surface area (Å²) in [7, 11) is 2.05. The lowest BCUT2D eigenvalue weighted by molar-refractivity contribution is -0.121. The Hall–Kier alpha value is -2.20. The van der Waals surface area contributed by atoms with Crippen molar-refractivity contribution in [2.75, 3.05) is 20.1 Å². The minimum absolute atomic E-state index is 0.0969. The molecular weight excluding hydrogens is 274 g/mol. The van der Waals surface area contributed by atoms with E-state index in [0.717, 1.165) is 25.1 Å². The number of amides is 1. The molecule has 1 aromatic heterocycles. The minimum atomic E-state index is 0.0969. The van der Waals surface area contributed by atoms with Crippen LogP contribution in [0.15, 0.2) is 54.9 Å². The maximum absolute atomic E-state index is 11.8. The molecule has 0 radical (unpaired) electrons. The van der Waals surface area contributed by atoms with E-state index in [1.165, 1.54) is 5.56 Å². The van der Waals surface area contributed by atoms with Crippen LogP contribution >= 0.6 is 0 Å². The number of hydrogen-bond donors (Lipinski definition) is 1. The van der Waals surface area contributed by atoms with Crippen LogP contribution in [0.5, 0.6) is 0 Å². The highest BCUT2D eigenvalue weighted by atomic mass is 16.1. The number of carbonyl (C=O) groups is 1. The van der Waals surface area contributed by atoms with Crippen LogP contribution in [0, 0.1) is 0 Å². The quantitative estimate of drug-likeness (QED) is 0.813. The molecule has 22 heavy (non-hydrogen) atoms. The van der Waals surface area contributed by atoms with Gasteiger partial charge < -0.3 is 10.2 Å². The number of benzene rings is 1. The standard InChI is InChI=1S/C18H23N3O/c1-21(13-9-16-7-11-19-12-8-16)14-10-18(22)20-15-17-5-3-2-4-6-17/h2-8,11-12H,9-10,13-15H2,1H3,(H,20,22). The zero-order valence-electron chi connectivity index (χ0n) is 13.0. The third-order valence-corrected chi connectivity index (χ3v) is 3.58. The zero-order chi connectivity index (χ0) is 15.6. The molecule has 4 heteroatoms. The lowest BCUT2D eigenvalue weighted by Crippen LogP contribution is -2.29. The Morgan fingerprint density at radius 1 is 1.05 bits per heavy atom. The van der Waals surface area contributed by atoms with Gasteiger partial charge in [0.1, 0.15) is 0 Å². The molecule has 0 spiro atoms. The molecule has 0 unspecified atom stereocenters. The van der Waals surface area contributed by atoms with Gasteiger partial charge in [-0.05, 0) is 36.7 Å². The number of nitrogens with zero attached hydrogens (tertiary/aromatic N) is 2. The third kappa shape index (κ3) is 6.06.